The van der Waals surface area contributed by atoms with Crippen molar-refractivity contribution in [1.82, 2.24) is 4.72 Å². The van der Waals surface area contributed by atoms with E-state index >= 15 is 0 Å². The highest BCUT2D eigenvalue weighted by atomic mass is 32.2. The summed E-state index contributed by atoms with van der Waals surface area (Å²) in [5.41, 5.74) is 1.42. The van der Waals surface area contributed by atoms with Crippen LogP contribution in [0.5, 0.6) is 5.75 Å². The van der Waals surface area contributed by atoms with E-state index in [1.165, 1.54) is 7.05 Å². The topological polar surface area (TPSA) is 84.5 Å². The van der Waals surface area contributed by atoms with Gasteiger partial charge in [0.25, 0.3) is 0 Å². The van der Waals surface area contributed by atoms with E-state index in [9.17, 15) is 13.2 Å². The van der Waals surface area contributed by atoms with Gasteiger partial charge in [-0.25, -0.2) is 13.1 Å². The Labute approximate surface area is 141 Å². The number of ether oxygens (including phenoxy) is 1. The van der Waals surface area contributed by atoms with Crippen LogP contribution in [0.15, 0.2) is 54.6 Å². The lowest BCUT2D eigenvalue weighted by Gasteiger charge is -2.18. The molecule has 0 aliphatic carbocycles. The lowest BCUT2D eigenvalue weighted by molar-refractivity contribution is -0.113. The van der Waals surface area contributed by atoms with Gasteiger partial charge in [0.2, 0.25) is 15.9 Å². The third kappa shape index (κ3) is 5.07. The Balaban J connectivity index is 2.11. The van der Waals surface area contributed by atoms with Gasteiger partial charge in [0.05, 0.1) is 5.69 Å². The molecule has 0 bridgehead atoms. The van der Waals surface area contributed by atoms with Crippen molar-refractivity contribution in [2.24, 2.45) is 0 Å². The first kappa shape index (κ1) is 18.0. The number of hydrogen-bond acceptors (Lipinski definition) is 4. The minimum atomic E-state index is -3.62. The molecule has 1 unspecified atom stereocenters. The van der Waals surface area contributed by atoms with Crippen LogP contribution in [0.3, 0.4) is 0 Å². The van der Waals surface area contributed by atoms with Gasteiger partial charge in [-0.15, -0.1) is 0 Å². The second-order valence-corrected chi connectivity index (χ2v) is 7.10. The number of benzene rings is 2. The summed E-state index contributed by atoms with van der Waals surface area (Å²) >= 11 is 0. The number of rotatable bonds is 7. The fraction of sp³-hybridized carbons (Fsp3) is 0.235. The molecule has 2 aromatic rings. The van der Waals surface area contributed by atoms with Crippen LogP contribution in [0.25, 0.3) is 0 Å². The van der Waals surface area contributed by atoms with Gasteiger partial charge in [0.15, 0.2) is 0 Å². The van der Waals surface area contributed by atoms with E-state index in [1.54, 1.807) is 24.3 Å². The number of para-hydroxylation sites is 2. The first-order valence-electron chi connectivity index (χ1n) is 7.43. The molecule has 0 saturated heterocycles. The van der Waals surface area contributed by atoms with E-state index < -0.39 is 21.7 Å². The van der Waals surface area contributed by atoms with E-state index in [2.05, 4.69) is 10.0 Å². The van der Waals surface area contributed by atoms with Crippen LogP contribution in [-0.2, 0) is 14.8 Å². The molecule has 0 heterocycles. The van der Waals surface area contributed by atoms with E-state index in [0.717, 1.165) is 5.56 Å². The third-order valence-electron chi connectivity index (χ3n) is 3.37. The fourth-order valence-corrected chi connectivity index (χ4v) is 2.65. The van der Waals surface area contributed by atoms with Gasteiger partial charge < -0.3 is 10.1 Å². The average Bonchev–Trinajstić information content (AvgIpc) is 2.57. The van der Waals surface area contributed by atoms with Crippen LogP contribution in [0, 0.1) is 0 Å². The molecule has 0 aliphatic heterocycles. The Morgan fingerprint density at radius 2 is 1.71 bits per heavy atom. The number of nitrogens with one attached hydrogen (secondary N) is 2. The summed E-state index contributed by atoms with van der Waals surface area (Å²) in [6, 6.07) is 16.6. The fourth-order valence-electron chi connectivity index (χ4n) is 2.09. The van der Waals surface area contributed by atoms with Gasteiger partial charge in [-0.3, -0.25) is 4.79 Å². The highest BCUT2D eigenvalue weighted by Crippen LogP contribution is 2.29. The Morgan fingerprint density at radius 3 is 2.38 bits per heavy atom. The van der Waals surface area contributed by atoms with Crippen molar-refractivity contribution < 1.29 is 17.9 Å². The van der Waals surface area contributed by atoms with Crippen molar-refractivity contribution >= 4 is 21.6 Å². The lowest BCUT2D eigenvalue weighted by atomic mass is 10.1. The van der Waals surface area contributed by atoms with Crippen LogP contribution in [0.1, 0.15) is 18.6 Å². The first-order valence-corrected chi connectivity index (χ1v) is 9.08. The normalized spacial score (nSPS) is 12.4. The molecule has 1 atom stereocenters. The second kappa shape index (κ2) is 7.94. The third-order valence-corrected chi connectivity index (χ3v) is 4.63. The van der Waals surface area contributed by atoms with E-state index in [4.69, 9.17) is 4.74 Å². The minimum Gasteiger partial charge on any atom is -0.484 e. The highest BCUT2D eigenvalue weighted by molar-refractivity contribution is 7.90. The van der Waals surface area contributed by atoms with Gasteiger partial charge >= 0.3 is 0 Å². The maximum absolute atomic E-state index is 11.9. The highest BCUT2D eigenvalue weighted by Gasteiger charge is 2.16. The SMILES string of the molecule is CNS(=O)(=O)CC(=O)Nc1ccccc1OC(C)c1ccccc1. The minimum absolute atomic E-state index is 0.217. The van der Waals surface area contributed by atoms with Crippen molar-refractivity contribution in [2.75, 3.05) is 18.1 Å². The predicted molar refractivity (Wildman–Crippen MR) is 93.4 cm³/mol. The first-order chi connectivity index (χ1) is 11.4. The Morgan fingerprint density at radius 1 is 1.08 bits per heavy atom. The number of anilines is 1. The number of amides is 1. The molecular formula is C17H20N2O4S. The molecule has 0 spiro atoms. The molecule has 128 valence electrons. The van der Waals surface area contributed by atoms with Crippen LogP contribution < -0.4 is 14.8 Å². The van der Waals surface area contributed by atoms with Gasteiger partial charge in [0.1, 0.15) is 17.6 Å². The van der Waals surface area contributed by atoms with Crippen molar-refractivity contribution in [2.45, 2.75) is 13.0 Å². The van der Waals surface area contributed by atoms with Crippen molar-refractivity contribution in [1.29, 1.82) is 0 Å². The standard InChI is InChI=1S/C17H20N2O4S/c1-13(14-8-4-3-5-9-14)23-16-11-7-6-10-15(16)19-17(20)12-24(21,22)18-2/h3-11,13,18H,12H2,1-2H3,(H,19,20). The summed E-state index contributed by atoms with van der Waals surface area (Å²) in [5, 5.41) is 2.57. The number of carbonyl (C=O) groups is 1. The largest absolute Gasteiger partial charge is 0.484 e. The van der Waals surface area contributed by atoms with Crippen molar-refractivity contribution in [3.63, 3.8) is 0 Å². The Hall–Kier alpha value is -2.38. The molecule has 6 nitrogen and oxygen atoms in total. The zero-order valence-corrected chi connectivity index (χ0v) is 14.3. The van der Waals surface area contributed by atoms with E-state index in [-0.39, 0.29) is 6.10 Å². The molecule has 0 fully saturated rings. The quantitative estimate of drug-likeness (QED) is 0.804. The molecule has 2 rings (SSSR count). The molecule has 0 aromatic heterocycles. The van der Waals surface area contributed by atoms with Gasteiger partial charge in [-0.05, 0) is 31.7 Å². The summed E-state index contributed by atoms with van der Waals surface area (Å²) in [5.74, 6) is -0.802. The van der Waals surface area contributed by atoms with Crippen LogP contribution in [0.2, 0.25) is 0 Å². The molecule has 0 radical (unpaired) electrons. The molecular weight excluding hydrogens is 328 g/mol. The molecule has 24 heavy (non-hydrogen) atoms. The second-order valence-electron chi connectivity index (χ2n) is 5.18. The molecule has 0 aliphatic rings. The van der Waals surface area contributed by atoms with Gasteiger partial charge in [0, 0.05) is 0 Å². The Bertz CT molecular complexity index is 791. The number of sulfonamides is 1. The van der Waals surface area contributed by atoms with E-state index in [1.807, 2.05) is 37.3 Å². The Kier molecular flexibility index (Phi) is 5.94. The molecule has 1 amide bonds. The maximum Gasteiger partial charge on any atom is 0.241 e. The molecule has 7 heteroatoms. The summed E-state index contributed by atoms with van der Waals surface area (Å²) < 4.78 is 30.9. The summed E-state index contributed by atoms with van der Waals surface area (Å²) in [6.07, 6.45) is -0.217. The number of hydrogen-bond donors (Lipinski definition) is 2. The summed E-state index contributed by atoms with van der Waals surface area (Å²) in [4.78, 5) is 11.9. The zero-order chi connectivity index (χ0) is 17.6. The lowest BCUT2D eigenvalue weighted by Crippen LogP contribution is -2.30. The summed E-state index contributed by atoms with van der Waals surface area (Å²) in [6.45, 7) is 1.90. The van der Waals surface area contributed by atoms with Gasteiger partial charge in [-0.1, -0.05) is 42.5 Å². The number of carbonyl (C=O) groups excluding carboxylic acids is 1. The zero-order valence-electron chi connectivity index (χ0n) is 13.5. The van der Waals surface area contributed by atoms with Crippen LogP contribution in [0.4, 0.5) is 5.69 Å². The van der Waals surface area contributed by atoms with Gasteiger partial charge in [-0.2, -0.15) is 0 Å². The molecule has 2 aromatic carbocycles. The van der Waals surface area contributed by atoms with Crippen molar-refractivity contribution in [3.8, 4) is 5.75 Å². The smallest absolute Gasteiger partial charge is 0.241 e. The van der Waals surface area contributed by atoms with Crippen LogP contribution >= 0.6 is 0 Å². The van der Waals surface area contributed by atoms with Crippen LogP contribution in [-0.4, -0.2) is 27.1 Å². The van der Waals surface area contributed by atoms with E-state index in [0.29, 0.717) is 11.4 Å². The molecule has 2 N–H and O–H groups in total. The maximum atomic E-state index is 11.9. The summed E-state index contributed by atoms with van der Waals surface area (Å²) in [7, 11) is -2.36. The predicted octanol–water partition coefficient (Wildman–Crippen LogP) is 2.31. The van der Waals surface area contributed by atoms with Crippen molar-refractivity contribution in [3.05, 3.63) is 60.2 Å². The monoisotopic (exact) mass is 348 g/mol. The molecule has 0 saturated carbocycles. The average molecular weight is 348 g/mol.